The molecule has 102 valence electrons. The molecule has 0 N–H and O–H groups in total. The van der Waals surface area contributed by atoms with Crippen molar-refractivity contribution in [2.75, 3.05) is 20.5 Å². The fourth-order valence-electron chi connectivity index (χ4n) is 1.51. The Hall–Kier alpha value is -2.24. The van der Waals surface area contributed by atoms with Crippen molar-refractivity contribution in [2.45, 2.75) is 13.8 Å². The first kappa shape index (κ1) is 14.8. The van der Waals surface area contributed by atoms with Crippen LogP contribution in [-0.4, -0.2) is 26.5 Å². The van der Waals surface area contributed by atoms with Crippen molar-refractivity contribution in [2.24, 2.45) is 5.11 Å². The zero-order valence-electron chi connectivity index (χ0n) is 11.0. The molecule has 0 atom stereocenters. The van der Waals surface area contributed by atoms with Gasteiger partial charge in [-0.3, -0.25) is 0 Å². The van der Waals surface area contributed by atoms with E-state index in [0.29, 0.717) is 0 Å². The third-order valence-electron chi connectivity index (χ3n) is 2.19. The molecule has 0 saturated heterocycles. The van der Waals surface area contributed by atoms with E-state index in [0.717, 1.165) is 5.56 Å². The Morgan fingerprint density at radius 3 is 2.79 bits per heavy atom. The molecule has 0 fully saturated rings. The van der Waals surface area contributed by atoms with Gasteiger partial charge in [0.1, 0.15) is 11.3 Å². The molecule has 19 heavy (non-hydrogen) atoms. The molecule has 7 nitrogen and oxygen atoms in total. The maximum Gasteiger partial charge on any atom is 0.342 e. The molecule has 1 aromatic carbocycles. The number of aryl methyl sites for hydroxylation is 1. The monoisotopic (exact) mass is 265 g/mol. The highest BCUT2D eigenvalue weighted by Crippen LogP contribution is 2.32. The van der Waals surface area contributed by atoms with Crippen LogP contribution in [0.5, 0.6) is 5.75 Å². The van der Waals surface area contributed by atoms with Crippen LogP contribution in [0.25, 0.3) is 10.4 Å². The quantitative estimate of drug-likeness (QED) is 0.259. The number of carbonyl (C=O) groups is 1. The number of esters is 1. The summed E-state index contributed by atoms with van der Waals surface area (Å²) in [5, 5.41) is 3.50. The van der Waals surface area contributed by atoms with E-state index >= 15 is 0 Å². The molecule has 0 saturated carbocycles. The largest absolute Gasteiger partial charge is 0.467 e. The minimum Gasteiger partial charge on any atom is -0.467 e. The average Bonchev–Trinajstić information content (AvgIpc) is 2.36. The lowest BCUT2D eigenvalue weighted by Gasteiger charge is -2.13. The summed E-state index contributed by atoms with van der Waals surface area (Å²) in [6.07, 6.45) is 0. The Bertz CT molecular complexity index is 510. The lowest BCUT2D eigenvalue weighted by atomic mass is 10.1. The van der Waals surface area contributed by atoms with Crippen LogP contribution in [0.1, 0.15) is 22.8 Å². The van der Waals surface area contributed by atoms with Gasteiger partial charge >= 0.3 is 5.97 Å². The predicted molar refractivity (Wildman–Crippen MR) is 68.4 cm³/mol. The van der Waals surface area contributed by atoms with Crippen molar-refractivity contribution in [1.82, 2.24) is 0 Å². The van der Waals surface area contributed by atoms with Crippen LogP contribution in [-0.2, 0) is 9.47 Å². The van der Waals surface area contributed by atoms with Gasteiger partial charge in [0, 0.05) is 12.0 Å². The molecule has 0 aliphatic rings. The molecule has 7 heteroatoms. The Kier molecular flexibility index (Phi) is 5.66. The highest BCUT2D eigenvalue weighted by Gasteiger charge is 2.19. The van der Waals surface area contributed by atoms with Crippen LogP contribution >= 0.6 is 0 Å². The molecule has 0 bridgehead atoms. The van der Waals surface area contributed by atoms with Crippen LogP contribution in [0, 0.1) is 6.92 Å². The number of benzene rings is 1. The zero-order chi connectivity index (χ0) is 14.3. The molecule has 0 spiro atoms. The highest BCUT2D eigenvalue weighted by molar-refractivity contribution is 5.98. The number of carbonyl (C=O) groups excluding carboxylic acids is 1. The van der Waals surface area contributed by atoms with Gasteiger partial charge < -0.3 is 14.2 Å². The van der Waals surface area contributed by atoms with Crippen molar-refractivity contribution in [3.8, 4) is 5.75 Å². The molecule has 0 amide bonds. The van der Waals surface area contributed by atoms with Gasteiger partial charge in [0.2, 0.25) is 0 Å². The summed E-state index contributed by atoms with van der Waals surface area (Å²) >= 11 is 0. The molecular formula is C12H15N3O4. The van der Waals surface area contributed by atoms with Crippen LogP contribution in [0.15, 0.2) is 17.2 Å². The summed E-state index contributed by atoms with van der Waals surface area (Å²) in [7, 11) is 1.47. The van der Waals surface area contributed by atoms with Crippen molar-refractivity contribution in [3.63, 3.8) is 0 Å². The maximum absolute atomic E-state index is 11.9. The molecule has 0 heterocycles. The van der Waals surface area contributed by atoms with Crippen molar-refractivity contribution in [3.05, 3.63) is 33.7 Å². The lowest BCUT2D eigenvalue weighted by Crippen LogP contribution is -2.10. The van der Waals surface area contributed by atoms with Crippen LogP contribution < -0.4 is 4.74 Å². The standard InChI is InChI=1S/C12H15N3O4/c1-4-18-12(16)11-9(14-15-13)5-8(2)6-10(11)19-7-17-3/h5-6H,4,7H2,1-3H3. The summed E-state index contributed by atoms with van der Waals surface area (Å²) < 4.78 is 15.1. The first-order valence-corrected chi connectivity index (χ1v) is 5.62. The Morgan fingerprint density at radius 2 is 2.21 bits per heavy atom. The summed E-state index contributed by atoms with van der Waals surface area (Å²) in [6.45, 7) is 3.68. The van der Waals surface area contributed by atoms with Crippen molar-refractivity contribution < 1.29 is 19.0 Å². The second kappa shape index (κ2) is 7.25. The van der Waals surface area contributed by atoms with Gasteiger partial charge in [-0.1, -0.05) is 5.11 Å². The van der Waals surface area contributed by atoms with E-state index in [2.05, 4.69) is 10.0 Å². The highest BCUT2D eigenvalue weighted by atomic mass is 16.7. The number of hydrogen-bond acceptors (Lipinski definition) is 5. The summed E-state index contributed by atoms with van der Waals surface area (Å²) in [6, 6.07) is 3.24. The third-order valence-corrected chi connectivity index (χ3v) is 2.19. The van der Waals surface area contributed by atoms with E-state index in [4.69, 9.17) is 19.7 Å². The Morgan fingerprint density at radius 1 is 1.47 bits per heavy atom. The average molecular weight is 265 g/mol. The van der Waals surface area contributed by atoms with E-state index in [1.807, 2.05) is 0 Å². The van der Waals surface area contributed by atoms with Gasteiger partial charge in [0.25, 0.3) is 0 Å². The SMILES string of the molecule is CCOC(=O)c1c(N=[N+]=[N-])cc(C)cc1OCOC. The molecule has 0 unspecified atom stereocenters. The third kappa shape index (κ3) is 3.87. The number of methoxy groups -OCH3 is 1. The zero-order valence-corrected chi connectivity index (χ0v) is 11.0. The van der Waals surface area contributed by atoms with E-state index in [9.17, 15) is 4.79 Å². The topological polar surface area (TPSA) is 93.5 Å². The number of hydrogen-bond donors (Lipinski definition) is 0. The fraction of sp³-hybridized carbons (Fsp3) is 0.417. The van der Waals surface area contributed by atoms with Gasteiger partial charge in [0.05, 0.1) is 12.3 Å². The Balaban J connectivity index is 3.32. The molecule has 0 aliphatic heterocycles. The van der Waals surface area contributed by atoms with Gasteiger partial charge in [-0.2, -0.15) is 0 Å². The number of ether oxygens (including phenoxy) is 3. The summed E-state index contributed by atoms with van der Waals surface area (Å²) in [4.78, 5) is 14.6. The van der Waals surface area contributed by atoms with Crippen LogP contribution in [0.4, 0.5) is 5.69 Å². The van der Waals surface area contributed by atoms with Gasteiger partial charge in [0.15, 0.2) is 6.79 Å². The Labute approximate surface area is 110 Å². The molecule has 0 aromatic heterocycles. The number of nitrogens with zero attached hydrogens (tertiary/aromatic N) is 3. The fourth-order valence-corrected chi connectivity index (χ4v) is 1.51. The minimum absolute atomic E-state index is 0.0223. The number of rotatable bonds is 6. The lowest BCUT2D eigenvalue weighted by molar-refractivity contribution is 0.0439. The van der Waals surface area contributed by atoms with E-state index < -0.39 is 5.97 Å². The molecular weight excluding hydrogens is 250 g/mol. The normalized spacial score (nSPS) is 9.63. The smallest absolute Gasteiger partial charge is 0.342 e. The van der Waals surface area contributed by atoms with Crippen molar-refractivity contribution in [1.29, 1.82) is 0 Å². The first-order chi connectivity index (χ1) is 9.13. The summed E-state index contributed by atoms with van der Waals surface area (Å²) in [5.74, 6) is -0.335. The number of azide groups is 1. The molecule has 0 radical (unpaired) electrons. The second-order valence-corrected chi connectivity index (χ2v) is 3.62. The van der Waals surface area contributed by atoms with E-state index in [1.54, 1.807) is 26.0 Å². The van der Waals surface area contributed by atoms with Crippen molar-refractivity contribution >= 4 is 11.7 Å². The van der Waals surface area contributed by atoms with Crippen LogP contribution in [0.2, 0.25) is 0 Å². The molecule has 1 rings (SSSR count). The summed E-state index contributed by atoms with van der Waals surface area (Å²) in [5.41, 5.74) is 9.62. The van der Waals surface area contributed by atoms with E-state index in [1.165, 1.54) is 7.11 Å². The second-order valence-electron chi connectivity index (χ2n) is 3.62. The predicted octanol–water partition coefficient (Wildman–Crippen LogP) is 3.10. The molecule has 0 aliphatic carbocycles. The van der Waals surface area contributed by atoms with Gasteiger partial charge in [-0.25, -0.2) is 4.79 Å². The van der Waals surface area contributed by atoms with E-state index in [-0.39, 0.29) is 30.4 Å². The first-order valence-electron chi connectivity index (χ1n) is 5.62. The van der Waals surface area contributed by atoms with Crippen LogP contribution in [0.3, 0.4) is 0 Å². The molecule has 1 aromatic rings. The van der Waals surface area contributed by atoms with Gasteiger partial charge in [-0.15, -0.1) is 0 Å². The van der Waals surface area contributed by atoms with Gasteiger partial charge in [-0.05, 0) is 37.1 Å². The maximum atomic E-state index is 11.9. The minimum atomic E-state index is -0.601.